The summed E-state index contributed by atoms with van der Waals surface area (Å²) in [6, 6.07) is 3.06. The highest BCUT2D eigenvalue weighted by molar-refractivity contribution is 9.08. The standard InChI is InChI=1S/C11H7BrFN3O3/c12-4-7-5-14-11(15-6-7)19-10-2-1-8(16(17)18)3-9(10)13/h1-3,5-6H,4H2. The zero-order valence-electron chi connectivity index (χ0n) is 9.42. The van der Waals surface area contributed by atoms with Crippen molar-refractivity contribution < 1.29 is 14.1 Å². The Morgan fingerprint density at radius 1 is 1.37 bits per heavy atom. The van der Waals surface area contributed by atoms with Gasteiger partial charge in [0.15, 0.2) is 11.6 Å². The normalized spacial score (nSPS) is 10.2. The van der Waals surface area contributed by atoms with Crippen LogP contribution in [0.4, 0.5) is 10.1 Å². The number of nitrogens with zero attached hydrogens (tertiary/aromatic N) is 3. The fourth-order valence-corrected chi connectivity index (χ4v) is 1.54. The Morgan fingerprint density at radius 3 is 2.58 bits per heavy atom. The molecule has 0 radical (unpaired) electrons. The number of ether oxygens (including phenoxy) is 1. The third-order valence-corrected chi connectivity index (χ3v) is 2.81. The van der Waals surface area contributed by atoms with Crippen molar-refractivity contribution in [3.8, 4) is 11.8 Å². The molecule has 0 amide bonds. The van der Waals surface area contributed by atoms with Crippen LogP contribution in [0, 0.1) is 15.9 Å². The number of rotatable bonds is 4. The highest BCUT2D eigenvalue weighted by Crippen LogP contribution is 2.25. The van der Waals surface area contributed by atoms with E-state index in [4.69, 9.17) is 4.74 Å². The Hall–Kier alpha value is -2.09. The average Bonchev–Trinajstić information content (AvgIpc) is 2.41. The van der Waals surface area contributed by atoms with Crippen LogP contribution < -0.4 is 4.74 Å². The van der Waals surface area contributed by atoms with Crippen molar-refractivity contribution in [3.63, 3.8) is 0 Å². The third kappa shape index (κ3) is 3.22. The van der Waals surface area contributed by atoms with Crippen molar-refractivity contribution in [2.75, 3.05) is 0 Å². The third-order valence-electron chi connectivity index (χ3n) is 2.16. The number of alkyl halides is 1. The summed E-state index contributed by atoms with van der Waals surface area (Å²) in [5.41, 5.74) is 0.497. The summed E-state index contributed by atoms with van der Waals surface area (Å²) in [5, 5.41) is 11.1. The van der Waals surface area contributed by atoms with E-state index in [1.54, 1.807) is 0 Å². The van der Waals surface area contributed by atoms with Crippen molar-refractivity contribution in [1.29, 1.82) is 0 Å². The number of hydrogen-bond donors (Lipinski definition) is 0. The summed E-state index contributed by atoms with van der Waals surface area (Å²) < 4.78 is 18.7. The maximum atomic E-state index is 13.5. The lowest BCUT2D eigenvalue weighted by molar-refractivity contribution is -0.385. The molecule has 0 aliphatic rings. The van der Waals surface area contributed by atoms with E-state index in [2.05, 4.69) is 25.9 Å². The summed E-state index contributed by atoms with van der Waals surface area (Å²) in [5.74, 6) is -1.01. The van der Waals surface area contributed by atoms with E-state index in [1.165, 1.54) is 12.4 Å². The summed E-state index contributed by atoms with van der Waals surface area (Å²) in [6.07, 6.45) is 3.06. The van der Waals surface area contributed by atoms with E-state index in [9.17, 15) is 14.5 Å². The molecule has 1 aromatic heterocycles. The average molecular weight is 328 g/mol. The molecule has 8 heteroatoms. The van der Waals surface area contributed by atoms with E-state index in [1.807, 2.05) is 0 Å². The van der Waals surface area contributed by atoms with Crippen molar-refractivity contribution in [1.82, 2.24) is 9.97 Å². The van der Waals surface area contributed by atoms with Crippen LogP contribution in [0.2, 0.25) is 0 Å². The molecular weight excluding hydrogens is 321 g/mol. The molecule has 1 heterocycles. The SMILES string of the molecule is O=[N+]([O-])c1ccc(Oc2ncc(CBr)cn2)c(F)c1. The van der Waals surface area contributed by atoms with Gasteiger partial charge in [-0.05, 0) is 11.6 Å². The lowest BCUT2D eigenvalue weighted by Gasteiger charge is -2.04. The topological polar surface area (TPSA) is 78.2 Å². The van der Waals surface area contributed by atoms with Crippen LogP contribution in [0.3, 0.4) is 0 Å². The first-order valence-corrected chi connectivity index (χ1v) is 6.21. The van der Waals surface area contributed by atoms with Crippen LogP contribution in [0.25, 0.3) is 0 Å². The first-order valence-electron chi connectivity index (χ1n) is 5.09. The fraction of sp³-hybridized carbons (Fsp3) is 0.0909. The van der Waals surface area contributed by atoms with Crippen LogP contribution in [-0.4, -0.2) is 14.9 Å². The number of nitro benzene ring substituents is 1. The highest BCUT2D eigenvalue weighted by atomic mass is 79.9. The number of non-ortho nitro benzene ring substituents is 1. The van der Waals surface area contributed by atoms with Crippen LogP contribution in [0.1, 0.15) is 5.56 Å². The van der Waals surface area contributed by atoms with E-state index in [0.717, 1.165) is 23.8 Å². The molecule has 0 N–H and O–H groups in total. The predicted molar refractivity (Wildman–Crippen MR) is 67.8 cm³/mol. The van der Waals surface area contributed by atoms with Gasteiger partial charge in [0.25, 0.3) is 5.69 Å². The van der Waals surface area contributed by atoms with Crippen molar-refractivity contribution in [2.45, 2.75) is 5.33 Å². The Kier molecular flexibility index (Phi) is 4.00. The monoisotopic (exact) mass is 327 g/mol. The van der Waals surface area contributed by atoms with Crippen LogP contribution >= 0.6 is 15.9 Å². The smallest absolute Gasteiger partial charge is 0.321 e. The number of halogens is 2. The lowest BCUT2D eigenvalue weighted by Crippen LogP contribution is -1.96. The highest BCUT2D eigenvalue weighted by Gasteiger charge is 2.13. The molecular formula is C11H7BrFN3O3. The van der Waals surface area contributed by atoms with Gasteiger partial charge in [-0.25, -0.2) is 14.4 Å². The van der Waals surface area contributed by atoms with Gasteiger partial charge < -0.3 is 4.74 Å². The largest absolute Gasteiger partial charge is 0.421 e. The maximum absolute atomic E-state index is 13.5. The lowest BCUT2D eigenvalue weighted by atomic mass is 10.3. The van der Waals surface area contributed by atoms with Gasteiger partial charge in [-0.15, -0.1) is 0 Å². The quantitative estimate of drug-likeness (QED) is 0.489. The molecule has 0 spiro atoms. The minimum atomic E-state index is -0.845. The van der Waals surface area contributed by atoms with Gasteiger partial charge in [0, 0.05) is 23.8 Å². The molecule has 0 atom stereocenters. The van der Waals surface area contributed by atoms with Gasteiger partial charge in [0.1, 0.15) is 0 Å². The molecule has 0 saturated heterocycles. The second kappa shape index (κ2) is 5.70. The number of hydrogen-bond acceptors (Lipinski definition) is 5. The minimum Gasteiger partial charge on any atom is -0.421 e. The van der Waals surface area contributed by atoms with Gasteiger partial charge in [0.05, 0.1) is 11.0 Å². The fourth-order valence-electron chi connectivity index (χ4n) is 1.25. The minimum absolute atomic E-state index is 0.0301. The second-order valence-electron chi connectivity index (χ2n) is 3.48. The molecule has 19 heavy (non-hydrogen) atoms. The Balaban J connectivity index is 2.20. The summed E-state index contributed by atoms with van der Waals surface area (Å²) in [4.78, 5) is 17.5. The van der Waals surface area contributed by atoms with Gasteiger partial charge in [-0.2, -0.15) is 0 Å². The second-order valence-corrected chi connectivity index (χ2v) is 4.04. The first kappa shape index (κ1) is 13.3. The van der Waals surface area contributed by atoms with E-state index < -0.39 is 10.7 Å². The van der Waals surface area contributed by atoms with E-state index in [0.29, 0.717) is 5.33 Å². The van der Waals surface area contributed by atoms with Gasteiger partial charge in [0.2, 0.25) is 0 Å². The summed E-state index contributed by atoms with van der Waals surface area (Å²) in [7, 11) is 0. The van der Waals surface area contributed by atoms with E-state index in [-0.39, 0.29) is 17.4 Å². The Bertz CT molecular complexity index is 607. The molecule has 0 saturated carbocycles. The summed E-state index contributed by atoms with van der Waals surface area (Å²) in [6.45, 7) is 0. The molecule has 0 fully saturated rings. The molecule has 0 aliphatic heterocycles. The van der Waals surface area contributed by atoms with Crippen molar-refractivity contribution in [2.24, 2.45) is 0 Å². The van der Waals surface area contributed by atoms with Crippen LogP contribution in [0.5, 0.6) is 11.8 Å². The molecule has 2 rings (SSSR count). The molecule has 6 nitrogen and oxygen atoms in total. The van der Waals surface area contributed by atoms with Gasteiger partial charge >= 0.3 is 6.01 Å². The molecule has 0 bridgehead atoms. The predicted octanol–water partition coefficient (Wildman–Crippen LogP) is 3.21. The Labute approximate surface area is 115 Å². The molecule has 1 aromatic carbocycles. The van der Waals surface area contributed by atoms with Crippen LogP contribution in [0.15, 0.2) is 30.6 Å². The molecule has 0 aliphatic carbocycles. The summed E-state index contributed by atoms with van der Waals surface area (Å²) >= 11 is 3.24. The van der Waals surface area contributed by atoms with Crippen LogP contribution in [-0.2, 0) is 5.33 Å². The van der Waals surface area contributed by atoms with Crippen molar-refractivity contribution in [3.05, 3.63) is 52.1 Å². The number of aromatic nitrogens is 2. The zero-order valence-corrected chi connectivity index (χ0v) is 11.0. The van der Waals surface area contributed by atoms with Gasteiger partial charge in [-0.3, -0.25) is 10.1 Å². The molecule has 2 aromatic rings. The number of nitro groups is 1. The van der Waals surface area contributed by atoms with Crippen molar-refractivity contribution >= 4 is 21.6 Å². The zero-order chi connectivity index (χ0) is 13.8. The maximum Gasteiger partial charge on any atom is 0.321 e. The Morgan fingerprint density at radius 2 is 2.05 bits per heavy atom. The first-order chi connectivity index (χ1) is 9.10. The molecule has 98 valence electrons. The molecule has 0 unspecified atom stereocenters. The van der Waals surface area contributed by atoms with Gasteiger partial charge in [-0.1, -0.05) is 15.9 Å². The number of benzene rings is 1. The van der Waals surface area contributed by atoms with E-state index >= 15 is 0 Å².